The number of amides is 2. The molecule has 0 saturated heterocycles. The van der Waals surface area contributed by atoms with Crippen molar-refractivity contribution in [2.45, 2.75) is 0 Å². The van der Waals surface area contributed by atoms with Crippen LogP contribution in [-0.4, -0.2) is 28.3 Å². The first kappa shape index (κ1) is 20.0. The summed E-state index contributed by atoms with van der Waals surface area (Å²) in [5.41, 5.74) is 1.51. The Morgan fingerprint density at radius 1 is 0.935 bits per heavy atom. The summed E-state index contributed by atoms with van der Waals surface area (Å²) in [4.78, 5) is 32.9. The first-order chi connectivity index (χ1) is 15.1. The monoisotopic (exact) mass is 416 g/mol. The SMILES string of the molecule is O=C(CNC(=O)c1ccccc1-c1ncc(-c2ccccc2F)o1)Nc1cccnc1. The van der Waals surface area contributed by atoms with Gasteiger partial charge in [0.25, 0.3) is 5.91 Å². The number of benzene rings is 2. The van der Waals surface area contributed by atoms with E-state index in [1.807, 2.05) is 0 Å². The lowest BCUT2D eigenvalue weighted by Crippen LogP contribution is -2.33. The lowest BCUT2D eigenvalue weighted by molar-refractivity contribution is -0.115. The van der Waals surface area contributed by atoms with Gasteiger partial charge in [0.1, 0.15) is 5.82 Å². The topological polar surface area (TPSA) is 97.1 Å². The van der Waals surface area contributed by atoms with Crippen molar-refractivity contribution in [1.82, 2.24) is 15.3 Å². The lowest BCUT2D eigenvalue weighted by Gasteiger charge is -2.09. The molecule has 4 aromatic rings. The minimum absolute atomic E-state index is 0.170. The van der Waals surface area contributed by atoms with Crippen LogP contribution in [0.25, 0.3) is 22.8 Å². The van der Waals surface area contributed by atoms with E-state index in [0.717, 1.165) is 0 Å². The molecule has 0 aliphatic heterocycles. The second-order valence-electron chi connectivity index (χ2n) is 6.53. The Bertz CT molecular complexity index is 1220. The van der Waals surface area contributed by atoms with E-state index in [4.69, 9.17) is 4.42 Å². The Morgan fingerprint density at radius 3 is 2.48 bits per heavy atom. The molecule has 31 heavy (non-hydrogen) atoms. The van der Waals surface area contributed by atoms with Crippen LogP contribution in [0, 0.1) is 5.82 Å². The number of nitrogens with zero attached hydrogens (tertiary/aromatic N) is 2. The molecular weight excluding hydrogens is 399 g/mol. The fraction of sp³-hybridized carbons (Fsp3) is 0.0435. The van der Waals surface area contributed by atoms with Crippen LogP contribution in [0.1, 0.15) is 10.4 Å². The van der Waals surface area contributed by atoms with Crippen LogP contribution in [0.3, 0.4) is 0 Å². The Kier molecular flexibility index (Phi) is 5.79. The van der Waals surface area contributed by atoms with Gasteiger partial charge in [-0.15, -0.1) is 0 Å². The summed E-state index contributed by atoms with van der Waals surface area (Å²) in [6, 6.07) is 16.3. The maximum absolute atomic E-state index is 14.0. The van der Waals surface area contributed by atoms with Crippen LogP contribution < -0.4 is 10.6 Å². The van der Waals surface area contributed by atoms with E-state index >= 15 is 0 Å². The Balaban J connectivity index is 1.49. The molecule has 2 amide bonds. The van der Waals surface area contributed by atoms with E-state index < -0.39 is 17.6 Å². The van der Waals surface area contributed by atoms with Gasteiger partial charge in [-0.2, -0.15) is 0 Å². The molecule has 0 bridgehead atoms. The van der Waals surface area contributed by atoms with Gasteiger partial charge in [-0.25, -0.2) is 9.37 Å². The zero-order valence-corrected chi connectivity index (χ0v) is 16.2. The first-order valence-corrected chi connectivity index (χ1v) is 9.40. The van der Waals surface area contributed by atoms with Crippen molar-refractivity contribution >= 4 is 17.5 Å². The highest BCUT2D eigenvalue weighted by atomic mass is 19.1. The Labute approximate surface area is 177 Å². The molecule has 8 heteroatoms. The predicted octanol–water partition coefficient (Wildman–Crippen LogP) is 3.91. The van der Waals surface area contributed by atoms with Crippen LogP contribution in [0.15, 0.2) is 83.7 Å². The number of carbonyl (C=O) groups excluding carboxylic acids is 2. The summed E-state index contributed by atoms with van der Waals surface area (Å²) < 4.78 is 19.7. The molecule has 0 atom stereocenters. The molecule has 0 unspecified atom stereocenters. The average molecular weight is 416 g/mol. The summed E-state index contributed by atoms with van der Waals surface area (Å²) in [6.45, 7) is -0.228. The summed E-state index contributed by atoms with van der Waals surface area (Å²) in [7, 11) is 0. The molecule has 0 saturated carbocycles. The molecular formula is C23H17FN4O3. The molecule has 2 aromatic carbocycles. The van der Waals surface area contributed by atoms with Crippen LogP contribution in [0.5, 0.6) is 0 Å². The molecule has 2 N–H and O–H groups in total. The minimum atomic E-state index is -0.470. The number of halogens is 1. The first-order valence-electron chi connectivity index (χ1n) is 9.40. The van der Waals surface area contributed by atoms with Gasteiger partial charge in [0.2, 0.25) is 11.8 Å². The van der Waals surface area contributed by atoms with Crippen molar-refractivity contribution in [2.24, 2.45) is 0 Å². The molecule has 0 fully saturated rings. The highest BCUT2D eigenvalue weighted by Crippen LogP contribution is 2.29. The van der Waals surface area contributed by atoms with Crippen LogP contribution in [-0.2, 0) is 4.79 Å². The lowest BCUT2D eigenvalue weighted by atomic mass is 10.1. The van der Waals surface area contributed by atoms with E-state index in [0.29, 0.717) is 11.3 Å². The molecule has 2 aromatic heterocycles. The number of oxazole rings is 1. The van der Waals surface area contributed by atoms with Crippen molar-refractivity contribution in [2.75, 3.05) is 11.9 Å². The maximum atomic E-state index is 14.0. The fourth-order valence-electron chi connectivity index (χ4n) is 2.95. The van der Waals surface area contributed by atoms with Crippen molar-refractivity contribution in [1.29, 1.82) is 0 Å². The zero-order valence-electron chi connectivity index (χ0n) is 16.2. The quantitative estimate of drug-likeness (QED) is 0.497. The molecule has 7 nitrogen and oxygen atoms in total. The third kappa shape index (κ3) is 4.64. The molecule has 0 radical (unpaired) electrons. The molecule has 154 valence electrons. The summed E-state index contributed by atoms with van der Waals surface area (Å²) in [5.74, 6) is -0.877. The van der Waals surface area contributed by atoms with Gasteiger partial charge in [-0.3, -0.25) is 14.6 Å². The van der Waals surface area contributed by atoms with Gasteiger partial charge in [0.05, 0.1) is 35.8 Å². The van der Waals surface area contributed by atoms with E-state index in [-0.39, 0.29) is 29.3 Å². The van der Waals surface area contributed by atoms with Gasteiger partial charge in [0.15, 0.2) is 5.76 Å². The van der Waals surface area contributed by atoms with Gasteiger partial charge in [-0.05, 0) is 36.4 Å². The number of carbonyl (C=O) groups is 2. The van der Waals surface area contributed by atoms with Crippen LogP contribution in [0.4, 0.5) is 10.1 Å². The van der Waals surface area contributed by atoms with Crippen LogP contribution in [0.2, 0.25) is 0 Å². The number of hydrogen-bond acceptors (Lipinski definition) is 5. The summed E-state index contributed by atoms with van der Waals surface area (Å²) in [5, 5.41) is 5.22. The third-order valence-corrected chi connectivity index (χ3v) is 4.40. The van der Waals surface area contributed by atoms with Gasteiger partial charge in [-0.1, -0.05) is 24.3 Å². The number of nitrogens with one attached hydrogen (secondary N) is 2. The Hall–Kier alpha value is -4.33. The van der Waals surface area contributed by atoms with Crippen molar-refractivity contribution in [3.8, 4) is 22.8 Å². The van der Waals surface area contributed by atoms with E-state index in [2.05, 4.69) is 20.6 Å². The van der Waals surface area contributed by atoms with Crippen molar-refractivity contribution in [3.63, 3.8) is 0 Å². The van der Waals surface area contributed by atoms with Gasteiger partial charge < -0.3 is 15.1 Å². The number of aromatic nitrogens is 2. The molecule has 2 heterocycles. The van der Waals surface area contributed by atoms with Gasteiger partial charge >= 0.3 is 0 Å². The standard InChI is InChI=1S/C23H17FN4O3/c24-19-10-4-3-9-18(19)20-13-27-23(31-20)17-8-2-1-7-16(17)22(30)26-14-21(29)28-15-6-5-11-25-12-15/h1-13H,14H2,(H,26,30)(H,28,29). The number of hydrogen-bond donors (Lipinski definition) is 2. The predicted molar refractivity (Wildman–Crippen MR) is 113 cm³/mol. The minimum Gasteiger partial charge on any atom is -0.436 e. The number of rotatable bonds is 6. The maximum Gasteiger partial charge on any atom is 0.252 e. The van der Waals surface area contributed by atoms with Crippen molar-refractivity contribution in [3.05, 3.63) is 90.6 Å². The molecule has 0 spiro atoms. The zero-order chi connectivity index (χ0) is 21.6. The van der Waals surface area contributed by atoms with Crippen molar-refractivity contribution < 1.29 is 18.4 Å². The number of anilines is 1. The van der Waals surface area contributed by atoms with Crippen LogP contribution >= 0.6 is 0 Å². The summed E-state index contributed by atoms with van der Waals surface area (Å²) in [6.07, 6.45) is 4.50. The van der Waals surface area contributed by atoms with E-state index in [1.54, 1.807) is 60.8 Å². The highest BCUT2D eigenvalue weighted by Gasteiger charge is 2.18. The van der Waals surface area contributed by atoms with E-state index in [1.165, 1.54) is 18.5 Å². The largest absolute Gasteiger partial charge is 0.436 e. The Morgan fingerprint density at radius 2 is 1.71 bits per heavy atom. The second kappa shape index (κ2) is 9.00. The van der Waals surface area contributed by atoms with Gasteiger partial charge in [0, 0.05) is 11.8 Å². The summed E-state index contributed by atoms with van der Waals surface area (Å²) >= 11 is 0. The smallest absolute Gasteiger partial charge is 0.252 e. The third-order valence-electron chi connectivity index (χ3n) is 4.40. The fourth-order valence-corrected chi connectivity index (χ4v) is 2.95. The second-order valence-corrected chi connectivity index (χ2v) is 6.53. The molecule has 0 aliphatic carbocycles. The molecule has 4 rings (SSSR count). The van der Waals surface area contributed by atoms with E-state index in [9.17, 15) is 14.0 Å². The average Bonchev–Trinajstić information content (AvgIpc) is 3.28. The highest BCUT2D eigenvalue weighted by molar-refractivity contribution is 6.02. The normalized spacial score (nSPS) is 10.5. The molecule has 0 aliphatic rings. The number of pyridine rings is 1.